The fourth-order valence-corrected chi connectivity index (χ4v) is 4.52. The van der Waals surface area contributed by atoms with Crippen LogP contribution in [0.3, 0.4) is 0 Å². The van der Waals surface area contributed by atoms with Crippen LogP contribution in [-0.4, -0.2) is 49.9 Å². The summed E-state index contributed by atoms with van der Waals surface area (Å²) in [5, 5.41) is 5.43. The molecule has 1 aliphatic carbocycles. The van der Waals surface area contributed by atoms with E-state index in [-0.39, 0.29) is 28.1 Å². The van der Waals surface area contributed by atoms with Gasteiger partial charge in [0.25, 0.3) is 5.91 Å². The molecule has 1 saturated carbocycles. The molecule has 0 spiro atoms. The molecular weight excluding hydrogens is 576 g/mol. The second-order valence-electron chi connectivity index (χ2n) is 10.6. The van der Waals surface area contributed by atoms with E-state index in [1.165, 1.54) is 37.4 Å². The number of pyridine rings is 1. The number of nitrogens with zero attached hydrogens (tertiary/aromatic N) is 1. The lowest BCUT2D eigenvalue weighted by molar-refractivity contribution is -0.149. The van der Waals surface area contributed by atoms with E-state index in [0.717, 1.165) is 18.9 Å². The summed E-state index contributed by atoms with van der Waals surface area (Å²) in [6.07, 6.45) is -2.81. The highest BCUT2D eigenvalue weighted by atomic mass is 35.5. The molecule has 1 unspecified atom stereocenters. The van der Waals surface area contributed by atoms with E-state index in [1.807, 2.05) is 0 Å². The van der Waals surface area contributed by atoms with Crippen LogP contribution in [0, 0.1) is 5.82 Å². The van der Waals surface area contributed by atoms with Crippen molar-refractivity contribution in [2.45, 2.75) is 50.4 Å². The number of hydrogen-bond donors (Lipinski definition) is 3. The Balaban J connectivity index is 1.67. The fraction of sp³-hybridized carbons (Fsp3) is 0.400. The fourth-order valence-electron chi connectivity index (χ4n) is 4.34. The van der Waals surface area contributed by atoms with Gasteiger partial charge in [0.05, 0.1) is 29.6 Å². The van der Waals surface area contributed by atoms with Crippen molar-refractivity contribution in [3.05, 3.63) is 76.2 Å². The number of aromatic nitrogens is 1. The van der Waals surface area contributed by atoms with Crippen molar-refractivity contribution < 1.29 is 31.8 Å². The summed E-state index contributed by atoms with van der Waals surface area (Å²) in [7, 11) is 1.42. The Morgan fingerprint density at radius 2 is 1.86 bits per heavy atom. The van der Waals surface area contributed by atoms with Crippen LogP contribution in [0.25, 0.3) is 11.3 Å². The highest BCUT2D eigenvalue weighted by Gasteiger charge is 2.42. The van der Waals surface area contributed by atoms with Crippen LogP contribution in [-0.2, 0) is 5.54 Å². The number of alkyl halides is 3. The van der Waals surface area contributed by atoms with Crippen molar-refractivity contribution in [2.75, 3.05) is 26.7 Å². The number of carbonyl (C=O) groups is 1. The van der Waals surface area contributed by atoms with E-state index in [4.69, 9.17) is 26.8 Å². The summed E-state index contributed by atoms with van der Waals surface area (Å²) in [6, 6.07) is 11.3. The Labute approximate surface area is 246 Å². The summed E-state index contributed by atoms with van der Waals surface area (Å²) in [6.45, 7) is 3.56. The molecule has 42 heavy (non-hydrogen) atoms. The van der Waals surface area contributed by atoms with E-state index < -0.39 is 35.9 Å². The molecule has 12 heteroatoms. The Hall–Kier alpha value is -3.41. The zero-order valence-corrected chi connectivity index (χ0v) is 24.2. The number of ether oxygens (including phenoxy) is 2. The molecule has 1 amide bonds. The lowest BCUT2D eigenvalue weighted by Crippen LogP contribution is -2.40. The maximum absolute atomic E-state index is 14.5. The van der Waals surface area contributed by atoms with Gasteiger partial charge in [0.2, 0.25) is 0 Å². The highest BCUT2D eigenvalue weighted by Crippen LogP contribution is 2.38. The smallest absolute Gasteiger partial charge is 0.398 e. The second kappa shape index (κ2) is 12.8. The van der Waals surface area contributed by atoms with Gasteiger partial charge in [-0.1, -0.05) is 11.6 Å². The van der Waals surface area contributed by atoms with Gasteiger partial charge < -0.3 is 25.8 Å². The molecule has 1 heterocycles. The SMILES string of the molecule is COc1cc(C(=O)NCC(c2cc(C(C)(C)NCCN)cc(-c3ccc(F)c(Cl)c3)n2)C(F)(F)F)ccc1OC1CC1. The number of rotatable bonds is 12. The number of hydrogen-bond acceptors (Lipinski definition) is 6. The van der Waals surface area contributed by atoms with Crippen molar-refractivity contribution >= 4 is 17.5 Å². The summed E-state index contributed by atoms with van der Waals surface area (Å²) in [5.41, 5.74) is 5.64. The quantitative estimate of drug-likeness (QED) is 0.220. The molecule has 7 nitrogen and oxygen atoms in total. The lowest BCUT2D eigenvalue weighted by Gasteiger charge is -2.29. The minimum atomic E-state index is -4.76. The summed E-state index contributed by atoms with van der Waals surface area (Å²) >= 11 is 5.97. The van der Waals surface area contributed by atoms with E-state index in [2.05, 4.69) is 15.6 Å². The van der Waals surface area contributed by atoms with E-state index >= 15 is 0 Å². The number of benzene rings is 2. The Morgan fingerprint density at radius 1 is 1.12 bits per heavy atom. The van der Waals surface area contributed by atoms with Gasteiger partial charge in [0, 0.05) is 36.3 Å². The molecule has 2 aromatic carbocycles. The van der Waals surface area contributed by atoms with Gasteiger partial charge in [0.15, 0.2) is 11.5 Å². The summed E-state index contributed by atoms with van der Waals surface area (Å²) < 4.78 is 68.4. The number of halogens is 5. The van der Waals surface area contributed by atoms with Gasteiger partial charge in [-0.25, -0.2) is 4.39 Å². The molecular formula is C30H33ClF4N4O3. The predicted molar refractivity (Wildman–Crippen MR) is 152 cm³/mol. The maximum atomic E-state index is 14.5. The van der Waals surface area contributed by atoms with Crippen LogP contribution in [0.5, 0.6) is 11.5 Å². The van der Waals surface area contributed by atoms with Crippen molar-refractivity contribution in [1.29, 1.82) is 0 Å². The molecule has 0 saturated heterocycles. The highest BCUT2D eigenvalue weighted by molar-refractivity contribution is 6.31. The topological polar surface area (TPSA) is 98.5 Å². The van der Waals surface area contributed by atoms with Crippen LogP contribution in [0.15, 0.2) is 48.5 Å². The third-order valence-electron chi connectivity index (χ3n) is 6.96. The van der Waals surface area contributed by atoms with Gasteiger partial charge >= 0.3 is 6.18 Å². The van der Waals surface area contributed by atoms with Crippen molar-refractivity contribution in [3.63, 3.8) is 0 Å². The van der Waals surface area contributed by atoms with Crippen LogP contribution >= 0.6 is 11.6 Å². The summed E-state index contributed by atoms with van der Waals surface area (Å²) in [5.74, 6) is -2.76. The standard InChI is InChI=1S/C30H33ClF4N4O3/c1-29(2,38-11-10-36)19-14-24(17-4-8-23(32)22(31)12-17)39-25(15-19)21(30(33,34)35)16-37-28(40)18-5-9-26(27(13-18)41-3)42-20-6-7-20/h4-5,8-9,12-15,20-21,38H,6-7,10-11,16,36H2,1-3H3,(H,37,40). The molecule has 1 atom stereocenters. The van der Waals surface area contributed by atoms with E-state index in [9.17, 15) is 22.4 Å². The van der Waals surface area contributed by atoms with Gasteiger partial charge in [-0.2, -0.15) is 13.2 Å². The van der Waals surface area contributed by atoms with Crippen molar-refractivity contribution in [3.8, 4) is 22.8 Å². The monoisotopic (exact) mass is 608 g/mol. The molecule has 4 N–H and O–H groups in total. The zero-order chi connectivity index (χ0) is 30.7. The Bertz CT molecular complexity index is 1430. The molecule has 3 aromatic rings. The molecule has 1 aliphatic rings. The molecule has 1 fully saturated rings. The largest absolute Gasteiger partial charge is 0.493 e. The normalized spacial score (nSPS) is 14.4. The van der Waals surface area contributed by atoms with Gasteiger partial charge in [-0.05, 0) is 80.8 Å². The van der Waals surface area contributed by atoms with Crippen LogP contribution in [0.1, 0.15) is 54.2 Å². The number of nitrogens with one attached hydrogen (secondary N) is 2. The predicted octanol–water partition coefficient (Wildman–Crippen LogP) is 5.95. The third-order valence-corrected chi connectivity index (χ3v) is 7.25. The number of methoxy groups -OCH3 is 1. The number of amides is 1. The molecule has 226 valence electrons. The molecule has 0 bridgehead atoms. The Morgan fingerprint density at radius 3 is 2.48 bits per heavy atom. The van der Waals surface area contributed by atoms with Gasteiger partial charge in [-0.15, -0.1) is 0 Å². The number of carbonyl (C=O) groups excluding carboxylic acids is 1. The third kappa shape index (κ3) is 7.70. The Kier molecular flexibility index (Phi) is 9.64. The molecule has 1 aromatic heterocycles. The second-order valence-corrected chi connectivity index (χ2v) is 11.0. The van der Waals surface area contributed by atoms with E-state index in [1.54, 1.807) is 26.0 Å². The average Bonchev–Trinajstić information content (AvgIpc) is 3.77. The lowest BCUT2D eigenvalue weighted by atomic mass is 9.90. The van der Waals surface area contributed by atoms with Gasteiger partial charge in [-0.3, -0.25) is 9.78 Å². The first-order valence-corrected chi connectivity index (χ1v) is 13.8. The minimum Gasteiger partial charge on any atom is -0.493 e. The van der Waals surface area contributed by atoms with Crippen LogP contribution in [0.4, 0.5) is 17.6 Å². The van der Waals surface area contributed by atoms with Crippen molar-refractivity contribution in [2.24, 2.45) is 5.73 Å². The first kappa shape index (κ1) is 31.5. The first-order valence-electron chi connectivity index (χ1n) is 13.4. The van der Waals surface area contributed by atoms with Crippen LogP contribution in [0.2, 0.25) is 5.02 Å². The maximum Gasteiger partial charge on any atom is 0.398 e. The molecule has 0 radical (unpaired) electrons. The zero-order valence-electron chi connectivity index (χ0n) is 23.4. The van der Waals surface area contributed by atoms with Crippen LogP contribution < -0.4 is 25.8 Å². The summed E-state index contributed by atoms with van der Waals surface area (Å²) in [4.78, 5) is 17.3. The average molecular weight is 609 g/mol. The molecule has 0 aliphatic heterocycles. The minimum absolute atomic E-state index is 0.0979. The van der Waals surface area contributed by atoms with Crippen molar-refractivity contribution in [1.82, 2.24) is 15.6 Å². The number of nitrogens with two attached hydrogens (primary N) is 1. The van der Waals surface area contributed by atoms with Gasteiger partial charge in [0.1, 0.15) is 11.7 Å². The first-order chi connectivity index (χ1) is 19.8. The van der Waals surface area contributed by atoms with E-state index in [0.29, 0.717) is 35.7 Å². The molecule has 4 rings (SSSR count).